The monoisotopic (exact) mass is 392 g/mol. The van der Waals surface area contributed by atoms with E-state index in [1.54, 1.807) is 25.1 Å². The summed E-state index contributed by atoms with van der Waals surface area (Å²) >= 11 is 13.3. The molecule has 0 aliphatic heterocycles. The van der Waals surface area contributed by atoms with Gasteiger partial charge in [-0.15, -0.1) is 11.3 Å². The smallest absolute Gasteiger partial charge is 0.266 e. The second kappa shape index (κ2) is 7.87. The minimum atomic E-state index is -0.734. The fourth-order valence-electron chi connectivity index (χ4n) is 2.09. The molecule has 0 radical (unpaired) electrons. The van der Waals surface area contributed by atoms with Crippen LogP contribution in [0.3, 0.4) is 0 Å². The summed E-state index contributed by atoms with van der Waals surface area (Å²) < 4.78 is 5.60. The van der Waals surface area contributed by atoms with E-state index in [4.69, 9.17) is 27.9 Å². The first-order valence-electron chi connectivity index (χ1n) is 7.46. The topological polar surface area (TPSA) is 51.2 Å². The molecule has 3 rings (SSSR count). The standard InChI is InChI=1S/C18H14Cl2N2O2S/c1-11(24-16-8-7-13(19)9-14(16)20)17(23)22-18-21-15(10-25-18)12-5-3-2-4-6-12/h2-11H,1H3,(H,21,22,23). The summed E-state index contributed by atoms with van der Waals surface area (Å²) in [5.41, 5.74) is 1.81. The first kappa shape index (κ1) is 17.7. The third-order valence-electron chi connectivity index (χ3n) is 3.37. The van der Waals surface area contributed by atoms with Crippen molar-refractivity contribution in [2.75, 3.05) is 5.32 Å². The predicted molar refractivity (Wildman–Crippen MR) is 103 cm³/mol. The van der Waals surface area contributed by atoms with Crippen LogP contribution in [0, 0.1) is 0 Å². The van der Waals surface area contributed by atoms with Crippen molar-refractivity contribution >= 4 is 45.6 Å². The van der Waals surface area contributed by atoms with E-state index in [-0.39, 0.29) is 5.91 Å². The average molecular weight is 393 g/mol. The molecule has 1 unspecified atom stereocenters. The molecule has 0 fully saturated rings. The number of anilines is 1. The molecule has 1 heterocycles. The molecule has 25 heavy (non-hydrogen) atoms. The maximum atomic E-state index is 12.3. The Labute approximate surface area is 159 Å². The largest absolute Gasteiger partial charge is 0.479 e. The molecule has 3 aromatic rings. The highest BCUT2D eigenvalue weighted by Crippen LogP contribution is 2.29. The maximum absolute atomic E-state index is 12.3. The first-order valence-corrected chi connectivity index (χ1v) is 9.10. The van der Waals surface area contributed by atoms with Crippen LogP contribution in [0.5, 0.6) is 5.75 Å². The van der Waals surface area contributed by atoms with Gasteiger partial charge in [0.15, 0.2) is 11.2 Å². The van der Waals surface area contributed by atoms with Gasteiger partial charge in [-0.05, 0) is 25.1 Å². The number of nitrogens with one attached hydrogen (secondary N) is 1. The number of hydrogen-bond acceptors (Lipinski definition) is 4. The van der Waals surface area contributed by atoms with Crippen molar-refractivity contribution in [2.24, 2.45) is 0 Å². The van der Waals surface area contributed by atoms with Crippen molar-refractivity contribution in [1.29, 1.82) is 0 Å². The van der Waals surface area contributed by atoms with Gasteiger partial charge in [-0.3, -0.25) is 10.1 Å². The zero-order valence-electron chi connectivity index (χ0n) is 13.2. The maximum Gasteiger partial charge on any atom is 0.266 e. The quantitative estimate of drug-likeness (QED) is 0.621. The van der Waals surface area contributed by atoms with E-state index in [0.29, 0.717) is 20.9 Å². The van der Waals surface area contributed by atoms with Gasteiger partial charge in [0.05, 0.1) is 10.7 Å². The van der Waals surface area contributed by atoms with E-state index in [2.05, 4.69) is 10.3 Å². The van der Waals surface area contributed by atoms with Gasteiger partial charge in [0, 0.05) is 16.0 Å². The second-order valence-electron chi connectivity index (χ2n) is 5.23. The number of thiazole rings is 1. The minimum Gasteiger partial charge on any atom is -0.479 e. The molecule has 7 heteroatoms. The third-order valence-corrected chi connectivity index (χ3v) is 4.66. The number of aromatic nitrogens is 1. The van der Waals surface area contributed by atoms with E-state index in [1.807, 2.05) is 35.7 Å². The zero-order chi connectivity index (χ0) is 17.8. The van der Waals surface area contributed by atoms with Gasteiger partial charge in [-0.1, -0.05) is 53.5 Å². The molecule has 0 bridgehead atoms. The van der Waals surface area contributed by atoms with E-state index in [0.717, 1.165) is 11.3 Å². The van der Waals surface area contributed by atoms with Gasteiger partial charge < -0.3 is 4.74 Å². The van der Waals surface area contributed by atoms with Gasteiger partial charge in [0.2, 0.25) is 0 Å². The number of amides is 1. The summed E-state index contributed by atoms with van der Waals surface area (Å²) in [6, 6.07) is 14.6. The Kier molecular flexibility index (Phi) is 5.58. The van der Waals surface area contributed by atoms with E-state index >= 15 is 0 Å². The zero-order valence-corrected chi connectivity index (χ0v) is 15.5. The van der Waals surface area contributed by atoms with Crippen molar-refractivity contribution in [3.63, 3.8) is 0 Å². The summed E-state index contributed by atoms with van der Waals surface area (Å²) in [6.07, 6.45) is -0.734. The van der Waals surface area contributed by atoms with Crippen LogP contribution in [0.4, 0.5) is 5.13 Å². The van der Waals surface area contributed by atoms with Crippen LogP contribution < -0.4 is 10.1 Å². The fourth-order valence-corrected chi connectivity index (χ4v) is 3.27. The molecule has 0 spiro atoms. The number of carbonyl (C=O) groups excluding carboxylic acids is 1. The van der Waals surface area contributed by atoms with E-state index in [9.17, 15) is 4.79 Å². The highest BCUT2D eigenvalue weighted by molar-refractivity contribution is 7.14. The Morgan fingerprint density at radius 3 is 2.68 bits per heavy atom. The van der Waals surface area contributed by atoms with Gasteiger partial charge in [0.1, 0.15) is 5.75 Å². The van der Waals surface area contributed by atoms with Crippen LogP contribution in [-0.4, -0.2) is 17.0 Å². The van der Waals surface area contributed by atoms with Gasteiger partial charge in [-0.25, -0.2) is 4.98 Å². The molecule has 1 aromatic heterocycles. The lowest BCUT2D eigenvalue weighted by Crippen LogP contribution is -2.30. The molecule has 0 aliphatic rings. The number of halogens is 2. The molecule has 0 aliphatic carbocycles. The Balaban J connectivity index is 1.65. The van der Waals surface area contributed by atoms with Crippen LogP contribution in [0.25, 0.3) is 11.3 Å². The van der Waals surface area contributed by atoms with Crippen molar-refractivity contribution in [1.82, 2.24) is 4.98 Å². The highest BCUT2D eigenvalue weighted by Gasteiger charge is 2.18. The molecule has 0 saturated carbocycles. The average Bonchev–Trinajstić information content (AvgIpc) is 3.06. The number of nitrogens with zero attached hydrogens (tertiary/aromatic N) is 1. The Morgan fingerprint density at radius 1 is 1.20 bits per heavy atom. The molecule has 128 valence electrons. The van der Waals surface area contributed by atoms with Crippen LogP contribution in [0.15, 0.2) is 53.9 Å². The van der Waals surface area contributed by atoms with Crippen LogP contribution >= 0.6 is 34.5 Å². The predicted octanol–water partition coefficient (Wildman–Crippen LogP) is 5.52. The number of rotatable bonds is 5. The molecular formula is C18H14Cl2N2O2S. The Hall–Kier alpha value is -2.08. The number of benzene rings is 2. The molecule has 1 amide bonds. The van der Waals surface area contributed by atoms with Gasteiger partial charge in [0.25, 0.3) is 5.91 Å². The first-order chi connectivity index (χ1) is 12.0. The third kappa shape index (κ3) is 4.51. The molecular weight excluding hydrogens is 379 g/mol. The number of carbonyl (C=O) groups is 1. The van der Waals surface area contributed by atoms with E-state index in [1.165, 1.54) is 11.3 Å². The number of hydrogen-bond donors (Lipinski definition) is 1. The van der Waals surface area contributed by atoms with Crippen molar-refractivity contribution in [3.05, 3.63) is 64.0 Å². The second-order valence-corrected chi connectivity index (χ2v) is 6.93. The van der Waals surface area contributed by atoms with Crippen molar-refractivity contribution < 1.29 is 9.53 Å². The van der Waals surface area contributed by atoms with E-state index < -0.39 is 6.10 Å². The SMILES string of the molecule is CC(Oc1ccc(Cl)cc1Cl)C(=O)Nc1nc(-c2ccccc2)cs1. The fraction of sp³-hybridized carbons (Fsp3) is 0.111. The Bertz CT molecular complexity index is 884. The lowest BCUT2D eigenvalue weighted by atomic mass is 10.2. The Morgan fingerprint density at radius 2 is 1.96 bits per heavy atom. The normalized spacial score (nSPS) is 11.8. The summed E-state index contributed by atoms with van der Waals surface area (Å²) in [5, 5.41) is 6.03. The van der Waals surface area contributed by atoms with Gasteiger partial charge in [-0.2, -0.15) is 0 Å². The molecule has 2 aromatic carbocycles. The minimum absolute atomic E-state index is 0.306. The lowest BCUT2D eigenvalue weighted by molar-refractivity contribution is -0.122. The van der Waals surface area contributed by atoms with Crippen LogP contribution in [-0.2, 0) is 4.79 Å². The molecule has 0 saturated heterocycles. The summed E-state index contributed by atoms with van der Waals surface area (Å²) in [7, 11) is 0. The van der Waals surface area contributed by atoms with Crippen molar-refractivity contribution in [3.8, 4) is 17.0 Å². The summed E-state index contributed by atoms with van der Waals surface area (Å²) in [5.74, 6) is 0.0952. The highest BCUT2D eigenvalue weighted by atomic mass is 35.5. The van der Waals surface area contributed by atoms with Crippen molar-refractivity contribution in [2.45, 2.75) is 13.0 Å². The van der Waals surface area contributed by atoms with Gasteiger partial charge >= 0.3 is 0 Å². The van der Waals surface area contributed by atoms with Crippen LogP contribution in [0.1, 0.15) is 6.92 Å². The lowest BCUT2D eigenvalue weighted by Gasteiger charge is -2.14. The van der Waals surface area contributed by atoms with Crippen LogP contribution in [0.2, 0.25) is 10.0 Å². The molecule has 1 atom stereocenters. The number of ether oxygens (including phenoxy) is 1. The molecule has 4 nitrogen and oxygen atoms in total. The molecule has 1 N–H and O–H groups in total. The summed E-state index contributed by atoms with van der Waals surface area (Å²) in [6.45, 7) is 1.64. The summed E-state index contributed by atoms with van der Waals surface area (Å²) in [4.78, 5) is 16.7.